The lowest BCUT2D eigenvalue weighted by Crippen LogP contribution is -2.21. The number of hydrogen-bond acceptors (Lipinski definition) is 3. The molecule has 2 rings (SSSR count). The number of hydrogen-bond donors (Lipinski definition) is 2. The highest BCUT2D eigenvalue weighted by atomic mass is 79.9. The zero-order chi connectivity index (χ0) is 12.6. The summed E-state index contributed by atoms with van der Waals surface area (Å²) >= 11 is 3.40. The lowest BCUT2D eigenvalue weighted by atomic mass is 9.86. The number of aliphatic imine (C=N–C) groups is 1. The molecule has 0 atom stereocenters. The standard InChI is InChI=1S/C13H17BrN2O/c1-13(2,3)8-6-9(11(17)10(14)7-8)12-15-4-5-16-12/h6-7,17H,4-5H2,1-3H3,(H,15,16). The van der Waals surface area contributed by atoms with Gasteiger partial charge in [0.2, 0.25) is 0 Å². The second kappa shape index (κ2) is 4.33. The Bertz CT molecular complexity index is 475. The van der Waals surface area contributed by atoms with Gasteiger partial charge < -0.3 is 10.4 Å². The van der Waals surface area contributed by atoms with E-state index < -0.39 is 0 Å². The first-order chi connectivity index (χ1) is 7.89. The van der Waals surface area contributed by atoms with Crippen molar-refractivity contribution in [1.82, 2.24) is 5.32 Å². The number of phenols is 1. The molecule has 0 radical (unpaired) electrons. The van der Waals surface area contributed by atoms with Crippen LogP contribution in [-0.2, 0) is 5.41 Å². The predicted molar refractivity (Wildman–Crippen MR) is 73.9 cm³/mol. The monoisotopic (exact) mass is 296 g/mol. The van der Waals surface area contributed by atoms with Gasteiger partial charge in [0, 0.05) is 6.54 Å². The van der Waals surface area contributed by atoms with E-state index in [1.165, 1.54) is 5.56 Å². The van der Waals surface area contributed by atoms with Gasteiger partial charge in [-0.25, -0.2) is 0 Å². The van der Waals surface area contributed by atoms with Crippen LogP contribution in [0.3, 0.4) is 0 Å². The molecule has 1 aliphatic rings. The van der Waals surface area contributed by atoms with Gasteiger partial charge in [-0.1, -0.05) is 20.8 Å². The molecule has 1 heterocycles. The zero-order valence-corrected chi connectivity index (χ0v) is 11.9. The molecule has 0 amide bonds. The minimum absolute atomic E-state index is 0.0458. The van der Waals surface area contributed by atoms with Crippen molar-refractivity contribution in [2.45, 2.75) is 26.2 Å². The molecule has 0 saturated carbocycles. The Balaban J connectivity index is 2.54. The molecule has 0 spiro atoms. The van der Waals surface area contributed by atoms with Gasteiger partial charge in [0.05, 0.1) is 16.6 Å². The molecular weight excluding hydrogens is 280 g/mol. The van der Waals surface area contributed by atoms with Gasteiger partial charge in [0.1, 0.15) is 11.6 Å². The van der Waals surface area contributed by atoms with Crippen LogP contribution in [0.25, 0.3) is 0 Å². The van der Waals surface area contributed by atoms with Gasteiger partial charge >= 0.3 is 0 Å². The second-order valence-corrected chi connectivity index (χ2v) is 6.12. The largest absolute Gasteiger partial charge is 0.506 e. The molecule has 4 heteroatoms. The summed E-state index contributed by atoms with van der Waals surface area (Å²) in [5.41, 5.74) is 2.00. The van der Waals surface area contributed by atoms with E-state index in [0.29, 0.717) is 0 Å². The Labute approximate surface area is 110 Å². The molecule has 0 fully saturated rings. The van der Waals surface area contributed by atoms with Crippen LogP contribution < -0.4 is 5.32 Å². The number of rotatable bonds is 1. The van der Waals surface area contributed by atoms with Crippen LogP contribution in [0.2, 0.25) is 0 Å². The zero-order valence-electron chi connectivity index (χ0n) is 10.3. The molecule has 1 aliphatic heterocycles. The average molecular weight is 297 g/mol. The summed E-state index contributed by atoms with van der Waals surface area (Å²) in [7, 11) is 0. The van der Waals surface area contributed by atoms with Crippen molar-refractivity contribution in [1.29, 1.82) is 0 Å². The number of amidine groups is 1. The highest BCUT2D eigenvalue weighted by molar-refractivity contribution is 9.10. The Morgan fingerprint density at radius 1 is 1.35 bits per heavy atom. The first-order valence-corrected chi connectivity index (χ1v) is 6.50. The number of benzene rings is 1. The van der Waals surface area contributed by atoms with E-state index in [1.54, 1.807) is 0 Å². The smallest absolute Gasteiger partial charge is 0.140 e. The molecule has 0 bridgehead atoms. The number of nitrogens with zero attached hydrogens (tertiary/aromatic N) is 1. The fourth-order valence-electron chi connectivity index (χ4n) is 1.79. The average Bonchev–Trinajstić information content (AvgIpc) is 2.73. The quantitative estimate of drug-likeness (QED) is 0.837. The fourth-order valence-corrected chi connectivity index (χ4v) is 2.25. The van der Waals surface area contributed by atoms with Crippen molar-refractivity contribution in [2.75, 3.05) is 13.1 Å². The summed E-state index contributed by atoms with van der Waals surface area (Å²) in [6.07, 6.45) is 0. The highest BCUT2D eigenvalue weighted by Gasteiger charge is 2.21. The molecule has 17 heavy (non-hydrogen) atoms. The third-order valence-electron chi connectivity index (χ3n) is 2.86. The maximum Gasteiger partial charge on any atom is 0.140 e. The minimum Gasteiger partial charge on any atom is -0.506 e. The van der Waals surface area contributed by atoms with Crippen molar-refractivity contribution < 1.29 is 5.11 Å². The van der Waals surface area contributed by atoms with Gasteiger partial charge in [0.25, 0.3) is 0 Å². The Morgan fingerprint density at radius 2 is 2.06 bits per heavy atom. The van der Waals surface area contributed by atoms with Crippen LogP contribution in [0.15, 0.2) is 21.6 Å². The molecule has 1 aromatic rings. The Morgan fingerprint density at radius 3 is 2.59 bits per heavy atom. The van der Waals surface area contributed by atoms with Crippen molar-refractivity contribution >= 4 is 21.8 Å². The van der Waals surface area contributed by atoms with Crippen molar-refractivity contribution in [2.24, 2.45) is 4.99 Å². The number of aromatic hydroxyl groups is 1. The summed E-state index contributed by atoms with van der Waals surface area (Å²) in [4.78, 5) is 4.36. The lowest BCUT2D eigenvalue weighted by molar-refractivity contribution is 0.469. The van der Waals surface area contributed by atoms with Crippen molar-refractivity contribution in [3.05, 3.63) is 27.7 Å². The number of halogens is 1. The third kappa shape index (κ3) is 2.46. The molecule has 0 unspecified atom stereocenters. The predicted octanol–water partition coefficient (Wildman–Crippen LogP) is 2.80. The van der Waals surface area contributed by atoms with Gasteiger partial charge in [-0.2, -0.15) is 0 Å². The maximum atomic E-state index is 10.1. The first-order valence-electron chi connectivity index (χ1n) is 5.71. The number of phenolic OH excluding ortho intramolecular Hbond substituents is 1. The molecule has 0 saturated heterocycles. The SMILES string of the molecule is CC(C)(C)c1cc(Br)c(O)c(C2=NCCN2)c1. The fraction of sp³-hybridized carbons (Fsp3) is 0.462. The van der Waals surface area contributed by atoms with E-state index in [9.17, 15) is 5.11 Å². The normalized spacial score (nSPS) is 15.6. The molecule has 0 aromatic heterocycles. The van der Waals surface area contributed by atoms with E-state index in [1.807, 2.05) is 12.1 Å². The van der Waals surface area contributed by atoms with Gasteiger partial charge in [0.15, 0.2) is 0 Å². The van der Waals surface area contributed by atoms with E-state index in [0.717, 1.165) is 29.0 Å². The summed E-state index contributed by atoms with van der Waals surface area (Å²) < 4.78 is 0.719. The van der Waals surface area contributed by atoms with Crippen LogP contribution >= 0.6 is 15.9 Å². The third-order valence-corrected chi connectivity index (χ3v) is 3.46. The van der Waals surface area contributed by atoms with E-state index in [2.05, 4.69) is 47.0 Å². The lowest BCUT2D eigenvalue weighted by Gasteiger charge is -2.21. The highest BCUT2D eigenvalue weighted by Crippen LogP contribution is 2.34. The molecule has 2 N–H and O–H groups in total. The van der Waals surface area contributed by atoms with Crippen molar-refractivity contribution in [3.8, 4) is 5.75 Å². The molecule has 1 aromatic carbocycles. The van der Waals surface area contributed by atoms with Crippen LogP contribution in [0, 0.1) is 0 Å². The van der Waals surface area contributed by atoms with Gasteiger partial charge in [-0.3, -0.25) is 4.99 Å². The van der Waals surface area contributed by atoms with Crippen LogP contribution in [0.4, 0.5) is 0 Å². The second-order valence-electron chi connectivity index (χ2n) is 5.26. The number of nitrogens with one attached hydrogen (secondary N) is 1. The van der Waals surface area contributed by atoms with Gasteiger partial charge in [-0.05, 0) is 39.0 Å². The molecule has 92 valence electrons. The topological polar surface area (TPSA) is 44.6 Å². The van der Waals surface area contributed by atoms with Crippen LogP contribution in [0.1, 0.15) is 31.9 Å². The van der Waals surface area contributed by atoms with Crippen LogP contribution in [0.5, 0.6) is 5.75 Å². The molecule has 0 aliphatic carbocycles. The van der Waals surface area contributed by atoms with E-state index >= 15 is 0 Å². The minimum atomic E-state index is 0.0458. The van der Waals surface area contributed by atoms with E-state index in [4.69, 9.17) is 0 Å². The van der Waals surface area contributed by atoms with Gasteiger partial charge in [-0.15, -0.1) is 0 Å². The summed E-state index contributed by atoms with van der Waals surface area (Å²) in [6.45, 7) is 8.07. The molecular formula is C13H17BrN2O. The van der Waals surface area contributed by atoms with Crippen LogP contribution in [-0.4, -0.2) is 24.0 Å². The summed E-state index contributed by atoms with van der Waals surface area (Å²) in [5.74, 6) is 1.04. The summed E-state index contributed by atoms with van der Waals surface area (Å²) in [6, 6.07) is 3.98. The maximum absolute atomic E-state index is 10.1. The summed E-state index contributed by atoms with van der Waals surface area (Å²) in [5, 5.41) is 13.3. The first kappa shape index (κ1) is 12.4. The van der Waals surface area contributed by atoms with E-state index in [-0.39, 0.29) is 11.2 Å². The molecule has 3 nitrogen and oxygen atoms in total. The Kier molecular flexibility index (Phi) is 3.17. The van der Waals surface area contributed by atoms with Crippen molar-refractivity contribution in [3.63, 3.8) is 0 Å². The Hall–Kier alpha value is -1.03.